The lowest BCUT2D eigenvalue weighted by Gasteiger charge is -2.37. The minimum Gasteiger partial charge on any atom is -0.485 e. The first-order valence-corrected chi connectivity index (χ1v) is 10.6. The first kappa shape index (κ1) is 20.7. The van der Waals surface area contributed by atoms with Gasteiger partial charge in [0.15, 0.2) is 0 Å². The molecule has 1 amide bonds. The molecule has 28 heavy (non-hydrogen) atoms. The highest BCUT2D eigenvalue weighted by Gasteiger charge is 2.32. The van der Waals surface area contributed by atoms with E-state index in [-0.39, 0.29) is 12.2 Å². The molecule has 0 bridgehead atoms. The van der Waals surface area contributed by atoms with Crippen LogP contribution in [0.2, 0.25) is 0 Å². The molecule has 1 heterocycles. The average Bonchev–Trinajstić information content (AvgIpc) is 2.67. The number of benzene rings is 2. The van der Waals surface area contributed by atoms with Crippen LogP contribution in [0.4, 0.5) is 4.79 Å². The summed E-state index contributed by atoms with van der Waals surface area (Å²) < 4.78 is 13.0. The molecule has 0 N–H and O–H groups in total. The smallest absolute Gasteiger partial charge is 0.410 e. The van der Waals surface area contributed by atoms with Crippen molar-refractivity contribution in [3.05, 3.63) is 64.6 Å². The Morgan fingerprint density at radius 3 is 2.21 bits per heavy atom. The van der Waals surface area contributed by atoms with Crippen LogP contribution in [0.5, 0.6) is 5.75 Å². The fourth-order valence-corrected chi connectivity index (χ4v) is 3.71. The molecule has 0 radical (unpaired) electrons. The number of rotatable bonds is 4. The van der Waals surface area contributed by atoms with Gasteiger partial charge >= 0.3 is 6.09 Å². The summed E-state index contributed by atoms with van der Waals surface area (Å²) in [6, 6.07) is 18.2. The van der Waals surface area contributed by atoms with Crippen LogP contribution in [-0.4, -0.2) is 29.7 Å². The topological polar surface area (TPSA) is 38.8 Å². The van der Waals surface area contributed by atoms with Crippen LogP contribution in [-0.2, 0) is 4.74 Å². The van der Waals surface area contributed by atoms with Crippen LogP contribution in [0.1, 0.15) is 45.3 Å². The molecule has 0 aliphatic carbocycles. The molecule has 1 fully saturated rings. The number of ether oxygens (including phenoxy) is 2. The van der Waals surface area contributed by atoms with Gasteiger partial charge in [0.1, 0.15) is 17.5 Å². The molecule has 2 aromatic carbocycles. The van der Waals surface area contributed by atoms with Crippen LogP contribution in [0.3, 0.4) is 0 Å². The number of nitrogens with zero attached hydrogens (tertiary/aromatic N) is 1. The van der Waals surface area contributed by atoms with Gasteiger partial charge in [-0.1, -0.05) is 46.3 Å². The monoisotopic (exact) mass is 445 g/mol. The van der Waals surface area contributed by atoms with Gasteiger partial charge in [-0.3, -0.25) is 0 Å². The summed E-state index contributed by atoms with van der Waals surface area (Å²) in [5.41, 5.74) is 0.687. The van der Waals surface area contributed by atoms with Crippen molar-refractivity contribution >= 4 is 22.0 Å². The predicted octanol–water partition coefficient (Wildman–Crippen LogP) is 6.22. The molecule has 0 aromatic heterocycles. The molecule has 150 valence electrons. The number of amides is 1. The Kier molecular flexibility index (Phi) is 6.65. The second kappa shape index (κ2) is 8.99. The number of hydrogen-bond acceptors (Lipinski definition) is 3. The summed E-state index contributed by atoms with van der Waals surface area (Å²) in [4.78, 5) is 14.2. The van der Waals surface area contributed by atoms with E-state index >= 15 is 0 Å². The van der Waals surface area contributed by atoms with Crippen molar-refractivity contribution in [2.75, 3.05) is 13.1 Å². The Balaban J connectivity index is 1.71. The maximum absolute atomic E-state index is 12.4. The largest absolute Gasteiger partial charge is 0.485 e. The van der Waals surface area contributed by atoms with E-state index in [1.54, 1.807) is 0 Å². The maximum Gasteiger partial charge on any atom is 0.410 e. The zero-order valence-electron chi connectivity index (χ0n) is 16.7. The van der Waals surface area contributed by atoms with E-state index < -0.39 is 5.60 Å². The number of para-hydroxylation sites is 1. The summed E-state index contributed by atoms with van der Waals surface area (Å²) >= 11 is 3.51. The molecular weight excluding hydrogens is 418 g/mol. The number of hydrogen-bond donors (Lipinski definition) is 0. The van der Waals surface area contributed by atoms with Gasteiger partial charge in [0.25, 0.3) is 0 Å². The van der Waals surface area contributed by atoms with E-state index in [1.807, 2.05) is 68.1 Å². The Morgan fingerprint density at radius 2 is 1.64 bits per heavy atom. The zero-order chi connectivity index (χ0) is 20.1. The zero-order valence-corrected chi connectivity index (χ0v) is 18.3. The van der Waals surface area contributed by atoms with Crippen LogP contribution in [0, 0.1) is 5.92 Å². The van der Waals surface area contributed by atoms with E-state index in [2.05, 4.69) is 28.1 Å². The molecule has 1 saturated heterocycles. The second-order valence-electron chi connectivity index (χ2n) is 8.21. The third kappa shape index (κ3) is 5.74. The Labute approximate surface area is 176 Å². The quantitative estimate of drug-likeness (QED) is 0.560. The normalized spacial score (nSPS) is 16.5. The first-order valence-electron chi connectivity index (χ1n) is 9.77. The van der Waals surface area contributed by atoms with Crippen LogP contribution < -0.4 is 4.74 Å². The molecule has 2 aromatic rings. The Bertz CT molecular complexity index is 763. The third-order valence-electron chi connectivity index (χ3n) is 4.82. The van der Waals surface area contributed by atoms with Gasteiger partial charge in [-0.15, -0.1) is 0 Å². The minimum atomic E-state index is -0.468. The number of likely N-dealkylation sites (tertiary alicyclic amines) is 1. The Morgan fingerprint density at radius 1 is 1.04 bits per heavy atom. The highest BCUT2D eigenvalue weighted by atomic mass is 79.9. The second-order valence-corrected chi connectivity index (χ2v) is 9.12. The lowest BCUT2D eigenvalue weighted by atomic mass is 9.87. The van der Waals surface area contributed by atoms with E-state index in [4.69, 9.17) is 9.47 Å². The van der Waals surface area contributed by atoms with Crippen molar-refractivity contribution < 1.29 is 14.3 Å². The van der Waals surface area contributed by atoms with E-state index in [0.717, 1.165) is 28.6 Å². The van der Waals surface area contributed by atoms with Gasteiger partial charge in [0, 0.05) is 23.5 Å². The highest BCUT2D eigenvalue weighted by Crippen LogP contribution is 2.35. The Hall–Kier alpha value is -2.01. The molecule has 5 heteroatoms. The van der Waals surface area contributed by atoms with E-state index in [9.17, 15) is 4.79 Å². The maximum atomic E-state index is 12.4. The van der Waals surface area contributed by atoms with Crippen LogP contribution >= 0.6 is 15.9 Å². The number of carbonyl (C=O) groups is 1. The van der Waals surface area contributed by atoms with Crippen molar-refractivity contribution in [2.45, 2.75) is 45.3 Å². The van der Waals surface area contributed by atoms with Crippen molar-refractivity contribution in [3.63, 3.8) is 0 Å². The molecular formula is C23H28BrNO3. The fraction of sp³-hybridized carbons (Fsp3) is 0.435. The summed E-state index contributed by atoms with van der Waals surface area (Å²) in [7, 11) is 0. The first-order chi connectivity index (χ1) is 13.3. The van der Waals surface area contributed by atoms with Crippen molar-refractivity contribution in [1.82, 2.24) is 4.90 Å². The molecule has 0 spiro atoms. The summed E-state index contributed by atoms with van der Waals surface area (Å²) in [5, 5.41) is 0. The summed E-state index contributed by atoms with van der Waals surface area (Å²) in [6.07, 6.45) is 1.49. The van der Waals surface area contributed by atoms with Gasteiger partial charge in [-0.2, -0.15) is 0 Å². The lowest BCUT2D eigenvalue weighted by Crippen LogP contribution is -2.43. The molecule has 1 aliphatic heterocycles. The van der Waals surface area contributed by atoms with Crippen LogP contribution in [0.25, 0.3) is 0 Å². The highest BCUT2D eigenvalue weighted by molar-refractivity contribution is 9.10. The minimum absolute atomic E-state index is 0.0451. The standard InChI is InChI=1S/C23H28BrNO3/c1-23(2,3)28-22(26)25-15-13-18(14-16-25)21(17-9-11-19(24)12-10-17)27-20-7-5-4-6-8-20/h4-12,18,21H,13-16H2,1-3H3. The van der Waals surface area contributed by atoms with Crippen molar-refractivity contribution in [3.8, 4) is 5.75 Å². The SMILES string of the molecule is CC(C)(C)OC(=O)N1CCC(C(Oc2ccccc2)c2ccc(Br)cc2)CC1. The van der Waals surface area contributed by atoms with E-state index in [0.29, 0.717) is 19.0 Å². The summed E-state index contributed by atoms with van der Waals surface area (Å²) in [5.74, 6) is 1.20. The van der Waals surface area contributed by atoms with Crippen LogP contribution in [0.15, 0.2) is 59.1 Å². The van der Waals surface area contributed by atoms with E-state index in [1.165, 1.54) is 0 Å². The lowest BCUT2D eigenvalue weighted by molar-refractivity contribution is 0.0106. The predicted molar refractivity (Wildman–Crippen MR) is 114 cm³/mol. The number of carbonyl (C=O) groups excluding carboxylic acids is 1. The van der Waals surface area contributed by atoms with Gasteiger partial charge in [0.2, 0.25) is 0 Å². The van der Waals surface area contributed by atoms with Gasteiger partial charge in [-0.05, 0) is 63.4 Å². The number of piperidine rings is 1. The summed E-state index contributed by atoms with van der Waals surface area (Å²) in [6.45, 7) is 7.06. The number of halogens is 1. The average molecular weight is 446 g/mol. The fourth-order valence-electron chi connectivity index (χ4n) is 3.45. The molecule has 3 rings (SSSR count). The van der Waals surface area contributed by atoms with Crippen molar-refractivity contribution in [2.24, 2.45) is 5.92 Å². The molecule has 0 saturated carbocycles. The van der Waals surface area contributed by atoms with Gasteiger partial charge < -0.3 is 14.4 Å². The van der Waals surface area contributed by atoms with Gasteiger partial charge in [-0.25, -0.2) is 4.79 Å². The molecule has 1 aliphatic rings. The van der Waals surface area contributed by atoms with Crippen molar-refractivity contribution in [1.29, 1.82) is 0 Å². The third-order valence-corrected chi connectivity index (χ3v) is 5.35. The molecule has 1 unspecified atom stereocenters. The van der Waals surface area contributed by atoms with Gasteiger partial charge in [0.05, 0.1) is 0 Å². The molecule has 1 atom stereocenters. The molecule has 4 nitrogen and oxygen atoms in total.